The van der Waals surface area contributed by atoms with Crippen LogP contribution in [-0.2, 0) is 22.7 Å². The van der Waals surface area contributed by atoms with E-state index >= 15 is 0 Å². The normalized spacial score (nSPS) is 11.4. The molecule has 0 aliphatic rings. The molecule has 0 saturated heterocycles. The summed E-state index contributed by atoms with van der Waals surface area (Å²) in [6.45, 7) is 2.50. The second-order valence-electron chi connectivity index (χ2n) is 8.63. The molecule has 4 aromatic rings. The van der Waals surface area contributed by atoms with Crippen molar-refractivity contribution in [1.29, 1.82) is 0 Å². The van der Waals surface area contributed by atoms with Gasteiger partial charge in [0.15, 0.2) is 6.61 Å². The lowest BCUT2D eigenvalue weighted by molar-refractivity contribution is -0.143. The van der Waals surface area contributed by atoms with Crippen LogP contribution in [0, 0.1) is 6.92 Å². The Labute approximate surface area is 212 Å². The van der Waals surface area contributed by atoms with Crippen LogP contribution in [0.4, 0.5) is 0 Å². The van der Waals surface area contributed by atoms with E-state index < -0.39 is 6.04 Å². The summed E-state index contributed by atoms with van der Waals surface area (Å²) in [5.41, 5.74) is 3.82. The molecular formula is C31H30N2O3. The SMILES string of the molecule is Cc1ccc(CNC(=O)C(c2ccccc2)N(Cc2ccccc2)C(=O)COc2ccccc2)cc1. The monoisotopic (exact) mass is 478 g/mol. The molecule has 0 aliphatic heterocycles. The first kappa shape index (κ1) is 24.7. The lowest BCUT2D eigenvalue weighted by Crippen LogP contribution is -2.45. The molecule has 0 aromatic heterocycles. The number of nitrogens with one attached hydrogen (secondary N) is 1. The molecule has 0 fully saturated rings. The largest absolute Gasteiger partial charge is 0.484 e. The van der Waals surface area contributed by atoms with E-state index in [4.69, 9.17) is 4.74 Å². The molecule has 0 spiro atoms. The Kier molecular flexibility index (Phi) is 8.49. The van der Waals surface area contributed by atoms with E-state index in [1.807, 2.05) is 110 Å². The van der Waals surface area contributed by atoms with Gasteiger partial charge in [0, 0.05) is 13.1 Å². The predicted molar refractivity (Wildman–Crippen MR) is 141 cm³/mol. The number of aryl methyl sites for hydroxylation is 1. The first-order chi connectivity index (χ1) is 17.6. The lowest BCUT2D eigenvalue weighted by atomic mass is 10.0. The van der Waals surface area contributed by atoms with Crippen molar-refractivity contribution in [2.75, 3.05) is 6.61 Å². The highest BCUT2D eigenvalue weighted by Crippen LogP contribution is 2.24. The highest BCUT2D eigenvalue weighted by atomic mass is 16.5. The Morgan fingerprint density at radius 2 is 1.33 bits per heavy atom. The zero-order valence-corrected chi connectivity index (χ0v) is 20.3. The van der Waals surface area contributed by atoms with E-state index in [1.54, 1.807) is 17.0 Å². The molecule has 0 aliphatic carbocycles. The molecule has 5 nitrogen and oxygen atoms in total. The van der Waals surface area contributed by atoms with Crippen molar-refractivity contribution >= 4 is 11.8 Å². The van der Waals surface area contributed by atoms with Gasteiger partial charge >= 0.3 is 0 Å². The standard InChI is InChI=1S/C31H30N2O3/c1-24-17-19-25(20-18-24)21-32-31(35)30(27-13-7-3-8-14-27)33(22-26-11-5-2-6-12-26)29(34)23-36-28-15-9-4-10-16-28/h2-20,30H,21-23H2,1H3,(H,32,35). The van der Waals surface area contributed by atoms with Crippen molar-refractivity contribution in [2.24, 2.45) is 0 Å². The Bertz CT molecular complexity index is 1240. The number of hydrogen-bond donors (Lipinski definition) is 1. The minimum Gasteiger partial charge on any atom is -0.484 e. The van der Waals surface area contributed by atoms with Gasteiger partial charge in [-0.25, -0.2) is 0 Å². The van der Waals surface area contributed by atoms with Crippen molar-refractivity contribution < 1.29 is 14.3 Å². The number of para-hydroxylation sites is 1. The fourth-order valence-electron chi connectivity index (χ4n) is 3.95. The Hall–Kier alpha value is -4.38. The average Bonchev–Trinajstić information content (AvgIpc) is 2.93. The molecular weight excluding hydrogens is 448 g/mol. The Balaban J connectivity index is 1.61. The van der Waals surface area contributed by atoms with E-state index in [0.717, 1.165) is 22.3 Å². The summed E-state index contributed by atoms with van der Waals surface area (Å²) in [5.74, 6) is 0.0819. The molecule has 1 N–H and O–H groups in total. The second-order valence-corrected chi connectivity index (χ2v) is 8.63. The van der Waals surface area contributed by atoms with E-state index in [0.29, 0.717) is 12.3 Å². The quantitative estimate of drug-likeness (QED) is 0.329. The molecule has 5 heteroatoms. The highest BCUT2D eigenvalue weighted by Gasteiger charge is 2.31. The van der Waals surface area contributed by atoms with E-state index in [1.165, 1.54) is 0 Å². The number of carbonyl (C=O) groups is 2. The van der Waals surface area contributed by atoms with E-state index in [2.05, 4.69) is 5.32 Å². The van der Waals surface area contributed by atoms with Gasteiger partial charge < -0.3 is 15.0 Å². The number of benzene rings is 4. The number of rotatable bonds is 10. The highest BCUT2D eigenvalue weighted by molar-refractivity contribution is 5.89. The molecule has 4 aromatic carbocycles. The van der Waals surface area contributed by atoms with Gasteiger partial charge in [0.25, 0.3) is 5.91 Å². The van der Waals surface area contributed by atoms with Gasteiger partial charge in [-0.2, -0.15) is 0 Å². The van der Waals surface area contributed by atoms with Crippen LogP contribution in [0.25, 0.3) is 0 Å². The smallest absolute Gasteiger partial charge is 0.261 e. The zero-order chi connectivity index (χ0) is 25.2. The number of ether oxygens (including phenoxy) is 1. The van der Waals surface area contributed by atoms with Gasteiger partial charge in [-0.05, 0) is 35.7 Å². The molecule has 1 unspecified atom stereocenters. The first-order valence-electron chi connectivity index (χ1n) is 12.0. The van der Waals surface area contributed by atoms with Gasteiger partial charge in [-0.3, -0.25) is 9.59 Å². The summed E-state index contributed by atoms with van der Waals surface area (Å²) in [4.78, 5) is 28.8. The van der Waals surface area contributed by atoms with Crippen LogP contribution in [0.2, 0.25) is 0 Å². The van der Waals surface area contributed by atoms with Gasteiger partial charge in [0.05, 0.1) is 0 Å². The maximum absolute atomic E-state index is 13.6. The Morgan fingerprint density at radius 3 is 1.97 bits per heavy atom. The van der Waals surface area contributed by atoms with Crippen molar-refractivity contribution in [2.45, 2.75) is 26.1 Å². The Morgan fingerprint density at radius 1 is 0.750 bits per heavy atom. The van der Waals surface area contributed by atoms with Gasteiger partial charge in [-0.1, -0.05) is 109 Å². The summed E-state index contributed by atoms with van der Waals surface area (Å²) < 4.78 is 5.77. The van der Waals surface area contributed by atoms with Crippen LogP contribution in [0.3, 0.4) is 0 Å². The molecule has 0 heterocycles. The van der Waals surface area contributed by atoms with Crippen molar-refractivity contribution in [3.8, 4) is 5.75 Å². The summed E-state index contributed by atoms with van der Waals surface area (Å²) >= 11 is 0. The van der Waals surface area contributed by atoms with Crippen LogP contribution in [-0.4, -0.2) is 23.3 Å². The van der Waals surface area contributed by atoms with E-state index in [9.17, 15) is 9.59 Å². The third kappa shape index (κ3) is 6.83. The van der Waals surface area contributed by atoms with Crippen LogP contribution < -0.4 is 10.1 Å². The van der Waals surface area contributed by atoms with Crippen molar-refractivity contribution in [3.05, 3.63) is 138 Å². The molecule has 0 bridgehead atoms. The molecule has 36 heavy (non-hydrogen) atoms. The average molecular weight is 479 g/mol. The first-order valence-corrected chi connectivity index (χ1v) is 12.0. The van der Waals surface area contributed by atoms with Crippen LogP contribution in [0.1, 0.15) is 28.3 Å². The fraction of sp³-hybridized carbons (Fsp3) is 0.161. The molecule has 1 atom stereocenters. The molecule has 0 radical (unpaired) electrons. The molecule has 2 amide bonds. The van der Waals surface area contributed by atoms with Crippen molar-refractivity contribution in [1.82, 2.24) is 10.2 Å². The number of carbonyl (C=O) groups excluding carboxylic acids is 2. The van der Waals surface area contributed by atoms with Crippen molar-refractivity contribution in [3.63, 3.8) is 0 Å². The minimum atomic E-state index is -0.816. The van der Waals surface area contributed by atoms with Gasteiger partial charge in [-0.15, -0.1) is 0 Å². The van der Waals surface area contributed by atoms with Gasteiger partial charge in [0.2, 0.25) is 5.91 Å². The number of nitrogens with zero attached hydrogens (tertiary/aromatic N) is 1. The van der Waals surface area contributed by atoms with Crippen LogP contribution in [0.5, 0.6) is 5.75 Å². The summed E-state index contributed by atoms with van der Waals surface area (Å²) in [6, 6.07) is 35.5. The minimum absolute atomic E-state index is 0.175. The third-order valence-corrected chi connectivity index (χ3v) is 5.88. The zero-order valence-electron chi connectivity index (χ0n) is 20.3. The fourth-order valence-corrected chi connectivity index (χ4v) is 3.95. The number of hydrogen-bond acceptors (Lipinski definition) is 3. The van der Waals surface area contributed by atoms with Crippen LogP contribution in [0.15, 0.2) is 115 Å². The predicted octanol–water partition coefficient (Wildman–Crippen LogP) is 5.46. The summed E-state index contributed by atoms with van der Waals surface area (Å²) in [6.07, 6.45) is 0. The topological polar surface area (TPSA) is 58.6 Å². The molecule has 182 valence electrons. The van der Waals surface area contributed by atoms with Crippen LogP contribution >= 0.6 is 0 Å². The van der Waals surface area contributed by atoms with E-state index in [-0.39, 0.29) is 25.0 Å². The summed E-state index contributed by atoms with van der Waals surface area (Å²) in [7, 11) is 0. The number of amides is 2. The second kappa shape index (κ2) is 12.4. The maximum atomic E-state index is 13.6. The van der Waals surface area contributed by atoms with Gasteiger partial charge in [0.1, 0.15) is 11.8 Å². The maximum Gasteiger partial charge on any atom is 0.261 e. The lowest BCUT2D eigenvalue weighted by Gasteiger charge is -2.31. The summed E-state index contributed by atoms with van der Waals surface area (Å²) in [5, 5.41) is 3.04. The molecule has 4 rings (SSSR count). The molecule has 0 saturated carbocycles. The third-order valence-electron chi connectivity index (χ3n) is 5.88.